The lowest BCUT2D eigenvalue weighted by atomic mass is 9.90. The van der Waals surface area contributed by atoms with E-state index in [9.17, 15) is 8.42 Å². The minimum atomic E-state index is -2.91. The van der Waals surface area contributed by atoms with Crippen molar-refractivity contribution in [2.45, 2.75) is 38.9 Å². The number of nitrogens with zero attached hydrogens (tertiary/aromatic N) is 1. The molecule has 0 saturated carbocycles. The number of hydrogen-bond acceptors (Lipinski definition) is 4. The van der Waals surface area contributed by atoms with Crippen LogP contribution in [0.4, 0.5) is 0 Å². The molecule has 21 heavy (non-hydrogen) atoms. The van der Waals surface area contributed by atoms with Crippen LogP contribution in [-0.4, -0.2) is 57.5 Å². The Kier molecular flexibility index (Phi) is 8.10. The number of thioether (sulfide) groups is 1. The highest BCUT2D eigenvalue weighted by Crippen LogP contribution is 2.20. The van der Waals surface area contributed by atoms with Crippen LogP contribution in [0, 0.1) is 5.41 Å². The summed E-state index contributed by atoms with van der Waals surface area (Å²) in [4.78, 5) is 4.20. The second-order valence-electron chi connectivity index (χ2n) is 6.79. The summed E-state index contributed by atoms with van der Waals surface area (Å²) in [5.41, 5.74) is -0.101. The Bertz CT molecular complexity index is 443. The van der Waals surface area contributed by atoms with Crippen LogP contribution in [0.2, 0.25) is 0 Å². The van der Waals surface area contributed by atoms with Crippen molar-refractivity contribution < 1.29 is 8.42 Å². The molecule has 0 spiro atoms. The monoisotopic (exact) mass is 337 g/mol. The van der Waals surface area contributed by atoms with Crippen molar-refractivity contribution in [2.75, 3.05) is 38.4 Å². The van der Waals surface area contributed by atoms with Gasteiger partial charge >= 0.3 is 0 Å². The molecule has 0 amide bonds. The first-order chi connectivity index (χ1) is 9.41. The van der Waals surface area contributed by atoms with E-state index in [4.69, 9.17) is 0 Å². The second-order valence-corrected chi connectivity index (χ2v) is 10.6. The maximum Gasteiger partial charge on any atom is 0.191 e. The molecule has 0 aromatic rings. The summed E-state index contributed by atoms with van der Waals surface area (Å²) >= 11 is 1.80. The van der Waals surface area contributed by atoms with Crippen molar-refractivity contribution in [1.82, 2.24) is 10.6 Å². The summed E-state index contributed by atoms with van der Waals surface area (Å²) in [5.74, 6) is 0.970. The van der Waals surface area contributed by atoms with Crippen LogP contribution in [0.15, 0.2) is 4.99 Å². The van der Waals surface area contributed by atoms with Crippen LogP contribution in [0.3, 0.4) is 0 Å². The van der Waals surface area contributed by atoms with E-state index in [1.807, 2.05) is 0 Å². The highest BCUT2D eigenvalue weighted by molar-refractivity contribution is 7.99. The van der Waals surface area contributed by atoms with Crippen LogP contribution in [-0.2, 0) is 9.84 Å². The normalized spacial score (nSPS) is 14.1. The van der Waals surface area contributed by atoms with E-state index in [2.05, 4.69) is 49.6 Å². The van der Waals surface area contributed by atoms with Gasteiger partial charge in [0.1, 0.15) is 9.84 Å². The maximum atomic E-state index is 11.3. The summed E-state index contributed by atoms with van der Waals surface area (Å²) in [6, 6.07) is 0. The topological polar surface area (TPSA) is 70.6 Å². The number of sulfone groups is 1. The third-order valence-electron chi connectivity index (χ3n) is 3.34. The fourth-order valence-corrected chi connectivity index (χ4v) is 2.60. The van der Waals surface area contributed by atoms with E-state index in [-0.39, 0.29) is 15.9 Å². The molecule has 0 aromatic heterocycles. The second kappa shape index (κ2) is 8.27. The van der Waals surface area contributed by atoms with Crippen molar-refractivity contribution in [2.24, 2.45) is 10.4 Å². The van der Waals surface area contributed by atoms with Gasteiger partial charge in [-0.1, -0.05) is 13.8 Å². The molecule has 0 aliphatic rings. The Balaban J connectivity index is 4.33. The molecule has 0 fully saturated rings. The van der Waals surface area contributed by atoms with Gasteiger partial charge in [0.2, 0.25) is 0 Å². The van der Waals surface area contributed by atoms with E-state index >= 15 is 0 Å². The molecule has 0 aromatic carbocycles. The Labute approximate surface area is 134 Å². The van der Waals surface area contributed by atoms with Crippen LogP contribution in [0.1, 0.15) is 34.1 Å². The lowest BCUT2D eigenvalue weighted by Crippen LogP contribution is -2.46. The van der Waals surface area contributed by atoms with Gasteiger partial charge in [0.05, 0.1) is 5.75 Å². The molecule has 0 aliphatic heterocycles. The Morgan fingerprint density at radius 2 is 1.67 bits per heavy atom. The molecular formula is C14H31N3O2S2. The minimum absolute atomic E-state index is 0.101. The first-order valence-corrected chi connectivity index (χ1v) is 10.4. The minimum Gasteiger partial charge on any atom is -0.356 e. The predicted octanol–water partition coefficient (Wildman–Crippen LogP) is 1.75. The van der Waals surface area contributed by atoms with E-state index < -0.39 is 9.84 Å². The van der Waals surface area contributed by atoms with E-state index in [1.54, 1.807) is 18.8 Å². The predicted molar refractivity (Wildman–Crippen MR) is 95.1 cm³/mol. The Hall–Kier alpha value is -0.430. The lowest BCUT2D eigenvalue weighted by molar-refractivity contribution is 0.348. The molecule has 0 unspecified atom stereocenters. The number of guanidine groups is 1. The fourth-order valence-electron chi connectivity index (χ4n) is 1.46. The molecule has 2 N–H and O–H groups in total. The highest BCUT2D eigenvalue weighted by Gasteiger charge is 2.21. The Morgan fingerprint density at radius 3 is 2.10 bits per heavy atom. The molecule has 0 heterocycles. The van der Waals surface area contributed by atoms with Gasteiger partial charge in [-0.25, -0.2) is 8.42 Å². The molecule has 0 atom stereocenters. The lowest BCUT2D eigenvalue weighted by Gasteiger charge is -2.27. The van der Waals surface area contributed by atoms with E-state index in [0.717, 1.165) is 12.5 Å². The zero-order chi connectivity index (χ0) is 16.7. The number of aliphatic imine (C=N–C) groups is 1. The first-order valence-electron chi connectivity index (χ1n) is 7.08. The van der Waals surface area contributed by atoms with E-state index in [0.29, 0.717) is 13.0 Å². The number of rotatable bonds is 8. The van der Waals surface area contributed by atoms with Crippen LogP contribution >= 0.6 is 11.8 Å². The zero-order valence-corrected chi connectivity index (χ0v) is 16.0. The van der Waals surface area contributed by atoms with Crippen molar-refractivity contribution >= 4 is 27.6 Å². The average molecular weight is 338 g/mol. The molecule has 0 radical (unpaired) electrons. The molecule has 0 bridgehead atoms. The maximum absolute atomic E-state index is 11.3. The van der Waals surface area contributed by atoms with Crippen LogP contribution < -0.4 is 10.6 Å². The third-order valence-corrected chi connectivity index (χ3v) is 5.54. The molecule has 0 saturated heterocycles. The van der Waals surface area contributed by atoms with Gasteiger partial charge in [-0.05, 0) is 31.9 Å². The summed E-state index contributed by atoms with van der Waals surface area (Å²) in [6.07, 6.45) is 4.00. The average Bonchev–Trinajstić information content (AvgIpc) is 2.36. The van der Waals surface area contributed by atoms with Gasteiger partial charge in [-0.3, -0.25) is 4.99 Å². The van der Waals surface area contributed by atoms with Crippen LogP contribution in [0.25, 0.3) is 0 Å². The van der Waals surface area contributed by atoms with Crippen molar-refractivity contribution in [3.05, 3.63) is 0 Å². The van der Waals surface area contributed by atoms with Gasteiger partial charge in [0.25, 0.3) is 0 Å². The molecule has 5 nitrogen and oxygen atoms in total. The number of nitrogens with one attached hydrogen (secondary N) is 2. The van der Waals surface area contributed by atoms with E-state index in [1.165, 1.54) is 6.26 Å². The van der Waals surface area contributed by atoms with Gasteiger partial charge in [0.15, 0.2) is 5.96 Å². The van der Waals surface area contributed by atoms with Crippen molar-refractivity contribution in [1.29, 1.82) is 0 Å². The summed E-state index contributed by atoms with van der Waals surface area (Å²) < 4.78 is 22.7. The third kappa shape index (κ3) is 10.9. The molecule has 126 valence electrons. The molecule has 0 rings (SSSR count). The fraction of sp³-hybridized carbons (Fsp3) is 0.929. The molecular weight excluding hydrogens is 306 g/mol. The Morgan fingerprint density at radius 1 is 1.14 bits per heavy atom. The van der Waals surface area contributed by atoms with Gasteiger partial charge < -0.3 is 10.6 Å². The van der Waals surface area contributed by atoms with Gasteiger partial charge in [-0.15, -0.1) is 0 Å². The standard InChI is InChI=1S/C14H31N3O2S2/c1-13(2,8-9-21(7,18)19)10-16-12(15-5)17-11-14(3,4)20-6/h8-11H2,1-7H3,(H2,15,16,17). The summed E-state index contributed by atoms with van der Waals surface area (Å²) in [6.45, 7) is 9.97. The highest BCUT2D eigenvalue weighted by atomic mass is 32.2. The molecule has 0 aliphatic carbocycles. The summed E-state index contributed by atoms with van der Waals surface area (Å²) in [5, 5.41) is 6.58. The zero-order valence-electron chi connectivity index (χ0n) is 14.4. The van der Waals surface area contributed by atoms with Crippen molar-refractivity contribution in [3.8, 4) is 0 Å². The van der Waals surface area contributed by atoms with Crippen LogP contribution in [0.5, 0.6) is 0 Å². The quantitative estimate of drug-likeness (QED) is 0.522. The molecule has 7 heteroatoms. The SMILES string of the molecule is CN=C(NCC(C)(C)CCS(C)(=O)=O)NCC(C)(C)SC. The smallest absolute Gasteiger partial charge is 0.191 e. The number of hydrogen-bond donors (Lipinski definition) is 2. The van der Waals surface area contributed by atoms with Gasteiger partial charge in [-0.2, -0.15) is 11.8 Å². The largest absolute Gasteiger partial charge is 0.356 e. The van der Waals surface area contributed by atoms with Crippen molar-refractivity contribution in [3.63, 3.8) is 0 Å². The first kappa shape index (κ1) is 20.6. The van der Waals surface area contributed by atoms with Gasteiger partial charge in [0, 0.05) is 31.1 Å². The summed E-state index contributed by atoms with van der Waals surface area (Å²) in [7, 11) is -1.17.